The summed E-state index contributed by atoms with van der Waals surface area (Å²) >= 11 is 0. The Labute approximate surface area is 116 Å². The molecule has 1 N–H and O–H groups in total. The Morgan fingerprint density at radius 2 is 2.21 bits per heavy atom. The SMILES string of the molecule is CCCCN(CC1CCCN1)C(=O)C1CCC(C)O1. The monoisotopic (exact) mass is 268 g/mol. The molecule has 19 heavy (non-hydrogen) atoms. The van der Waals surface area contributed by atoms with E-state index in [1.807, 2.05) is 4.90 Å². The van der Waals surface area contributed by atoms with E-state index in [-0.39, 0.29) is 18.1 Å². The summed E-state index contributed by atoms with van der Waals surface area (Å²) < 4.78 is 5.74. The lowest BCUT2D eigenvalue weighted by Crippen LogP contribution is -2.45. The van der Waals surface area contributed by atoms with Gasteiger partial charge in [0.15, 0.2) is 0 Å². The summed E-state index contributed by atoms with van der Waals surface area (Å²) in [5.74, 6) is 0.214. The highest BCUT2D eigenvalue weighted by Gasteiger charge is 2.32. The molecule has 2 rings (SSSR count). The van der Waals surface area contributed by atoms with Gasteiger partial charge in [0.2, 0.25) is 0 Å². The van der Waals surface area contributed by atoms with E-state index in [2.05, 4.69) is 19.2 Å². The van der Waals surface area contributed by atoms with Crippen molar-refractivity contribution in [2.75, 3.05) is 19.6 Å². The highest BCUT2D eigenvalue weighted by Crippen LogP contribution is 2.21. The van der Waals surface area contributed by atoms with Crippen LogP contribution in [0, 0.1) is 0 Å². The molecule has 0 aromatic heterocycles. The van der Waals surface area contributed by atoms with Gasteiger partial charge in [-0.1, -0.05) is 13.3 Å². The Kier molecular flexibility index (Phi) is 5.64. The van der Waals surface area contributed by atoms with Crippen LogP contribution in [0.4, 0.5) is 0 Å². The summed E-state index contributed by atoms with van der Waals surface area (Å²) in [4.78, 5) is 14.6. The Hall–Kier alpha value is -0.610. The van der Waals surface area contributed by atoms with Gasteiger partial charge in [-0.2, -0.15) is 0 Å². The van der Waals surface area contributed by atoms with Gasteiger partial charge < -0.3 is 15.0 Å². The maximum Gasteiger partial charge on any atom is 0.251 e. The minimum atomic E-state index is -0.187. The molecule has 2 heterocycles. The van der Waals surface area contributed by atoms with Gasteiger partial charge in [0.05, 0.1) is 6.10 Å². The molecule has 2 saturated heterocycles. The van der Waals surface area contributed by atoms with Crippen LogP contribution in [0.5, 0.6) is 0 Å². The molecule has 0 saturated carbocycles. The fraction of sp³-hybridized carbons (Fsp3) is 0.933. The molecule has 0 radical (unpaired) electrons. The molecule has 0 spiro atoms. The standard InChI is InChI=1S/C15H28N2O2/c1-3-4-10-17(11-13-6-5-9-16-13)15(18)14-8-7-12(2)19-14/h12-14,16H,3-11H2,1-2H3. The third-order valence-electron chi connectivity index (χ3n) is 4.20. The first-order valence-electron chi connectivity index (χ1n) is 7.88. The summed E-state index contributed by atoms with van der Waals surface area (Å²) in [7, 11) is 0. The first-order chi connectivity index (χ1) is 9.20. The van der Waals surface area contributed by atoms with Crippen LogP contribution >= 0.6 is 0 Å². The molecule has 2 aliphatic rings. The maximum absolute atomic E-state index is 12.6. The summed E-state index contributed by atoms with van der Waals surface area (Å²) in [5, 5.41) is 3.48. The van der Waals surface area contributed by atoms with Gasteiger partial charge in [-0.3, -0.25) is 4.79 Å². The van der Waals surface area contributed by atoms with Crippen molar-refractivity contribution in [1.29, 1.82) is 0 Å². The van der Waals surface area contributed by atoms with E-state index >= 15 is 0 Å². The lowest BCUT2D eigenvalue weighted by Gasteiger charge is -2.28. The number of unbranched alkanes of at least 4 members (excludes halogenated alkanes) is 1. The fourth-order valence-electron chi connectivity index (χ4n) is 3.01. The van der Waals surface area contributed by atoms with Crippen LogP contribution in [0.2, 0.25) is 0 Å². The quantitative estimate of drug-likeness (QED) is 0.800. The van der Waals surface area contributed by atoms with Crippen LogP contribution in [0.25, 0.3) is 0 Å². The van der Waals surface area contributed by atoms with Gasteiger partial charge in [-0.25, -0.2) is 0 Å². The van der Waals surface area contributed by atoms with E-state index in [1.165, 1.54) is 12.8 Å². The molecule has 110 valence electrons. The molecule has 2 aliphatic heterocycles. The van der Waals surface area contributed by atoms with Crippen LogP contribution in [0.15, 0.2) is 0 Å². The van der Waals surface area contributed by atoms with Crippen molar-refractivity contribution in [3.63, 3.8) is 0 Å². The zero-order chi connectivity index (χ0) is 13.7. The first kappa shape index (κ1) is 14.8. The Morgan fingerprint density at radius 1 is 1.37 bits per heavy atom. The molecule has 0 aromatic carbocycles. The second-order valence-electron chi connectivity index (χ2n) is 5.94. The van der Waals surface area contributed by atoms with Crippen LogP contribution in [-0.2, 0) is 9.53 Å². The molecular formula is C15H28N2O2. The number of ether oxygens (including phenoxy) is 1. The molecule has 3 atom stereocenters. The predicted molar refractivity (Wildman–Crippen MR) is 76.1 cm³/mol. The van der Waals surface area contributed by atoms with Crippen molar-refractivity contribution in [3.05, 3.63) is 0 Å². The minimum absolute atomic E-state index is 0.187. The molecular weight excluding hydrogens is 240 g/mol. The number of nitrogens with zero attached hydrogens (tertiary/aromatic N) is 1. The van der Waals surface area contributed by atoms with Crippen molar-refractivity contribution >= 4 is 5.91 Å². The van der Waals surface area contributed by atoms with E-state index in [4.69, 9.17) is 4.74 Å². The number of nitrogens with one attached hydrogen (secondary N) is 1. The molecule has 3 unspecified atom stereocenters. The highest BCUT2D eigenvalue weighted by atomic mass is 16.5. The lowest BCUT2D eigenvalue weighted by atomic mass is 10.1. The predicted octanol–water partition coefficient (Wildman–Crippen LogP) is 1.93. The van der Waals surface area contributed by atoms with Gasteiger partial charge in [0.1, 0.15) is 6.10 Å². The number of carbonyl (C=O) groups excluding carboxylic acids is 1. The van der Waals surface area contributed by atoms with Gasteiger partial charge in [0.25, 0.3) is 5.91 Å². The Morgan fingerprint density at radius 3 is 2.79 bits per heavy atom. The zero-order valence-electron chi connectivity index (χ0n) is 12.4. The molecule has 4 nitrogen and oxygen atoms in total. The second-order valence-corrected chi connectivity index (χ2v) is 5.94. The smallest absolute Gasteiger partial charge is 0.251 e. The first-order valence-corrected chi connectivity index (χ1v) is 7.88. The van der Waals surface area contributed by atoms with Crippen LogP contribution in [-0.4, -0.2) is 48.7 Å². The van der Waals surface area contributed by atoms with E-state index in [9.17, 15) is 4.79 Å². The molecule has 0 bridgehead atoms. The Balaban J connectivity index is 1.89. The van der Waals surface area contributed by atoms with Crippen LogP contribution in [0.1, 0.15) is 52.4 Å². The summed E-state index contributed by atoms with van der Waals surface area (Å²) in [6, 6.07) is 0.486. The van der Waals surface area contributed by atoms with Crippen LogP contribution in [0.3, 0.4) is 0 Å². The second kappa shape index (κ2) is 7.25. The van der Waals surface area contributed by atoms with E-state index < -0.39 is 0 Å². The molecule has 2 fully saturated rings. The van der Waals surface area contributed by atoms with Gasteiger partial charge in [0, 0.05) is 19.1 Å². The van der Waals surface area contributed by atoms with Gasteiger partial charge in [-0.15, -0.1) is 0 Å². The highest BCUT2D eigenvalue weighted by molar-refractivity contribution is 5.81. The lowest BCUT2D eigenvalue weighted by molar-refractivity contribution is -0.143. The average molecular weight is 268 g/mol. The van der Waals surface area contributed by atoms with E-state index in [0.717, 1.165) is 45.3 Å². The summed E-state index contributed by atoms with van der Waals surface area (Å²) in [5.41, 5.74) is 0. The minimum Gasteiger partial charge on any atom is -0.365 e. The maximum atomic E-state index is 12.6. The van der Waals surface area contributed by atoms with Crippen molar-refractivity contribution in [2.24, 2.45) is 0 Å². The number of carbonyl (C=O) groups is 1. The van der Waals surface area contributed by atoms with Crippen molar-refractivity contribution in [1.82, 2.24) is 10.2 Å². The topological polar surface area (TPSA) is 41.6 Å². The number of amides is 1. The Bertz CT molecular complexity index is 290. The molecule has 4 heteroatoms. The van der Waals surface area contributed by atoms with E-state index in [1.54, 1.807) is 0 Å². The average Bonchev–Trinajstić information content (AvgIpc) is 3.05. The zero-order valence-corrected chi connectivity index (χ0v) is 12.4. The number of hydrogen-bond acceptors (Lipinski definition) is 3. The third-order valence-corrected chi connectivity index (χ3v) is 4.20. The number of rotatable bonds is 6. The molecule has 0 aromatic rings. The van der Waals surface area contributed by atoms with Crippen molar-refractivity contribution in [2.45, 2.75) is 70.6 Å². The fourth-order valence-corrected chi connectivity index (χ4v) is 3.01. The molecule has 0 aliphatic carbocycles. The number of hydrogen-bond donors (Lipinski definition) is 1. The normalized spacial score (nSPS) is 30.7. The van der Waals surface area contributed by atoms with Gasteiger partial charge >= 0.3 is 0 Å². The van der Waals surface area contributed by atoms with Crippen molar-refractivity contribution < 1.29 is 9.53 Å². The third kappa shape index (κ3) is 4.18. The van der Waals surface area contributed by atoms with Crippen LogP contribution < -0.4 is 5.32 Å². The van der Waals surface area contributed by atoms with Crippen molar-refractivity contribution in [3.8, 4) is 0 Å². The molecule has 1 amide bonds. The van der Waals surface area contributed by atoms with Gasteiger partial charge in [-0.05, 0) is 45.6 Å². The largest absolute Gasteiger partial charge is 0.365 e. The van der Waals surface area contributed by atoms with E-state index in [0.29, 0.717) is 6.04 Å². The summed E-state index contributed by atoms with van der Waals surface area (Å²) in [6.45, 7) is 7.05. The summed E-state index contributed by atoms with van der Waals surface area (Å²) in [6.07, 6.45) is 6.60.